The van der Waals surface area contributed by atoms with E-state index in [0.29, 0.717) is 23.7 Å². The standard InChI is InChI=1S/C37H43N3O6S/c1-27(2)24-38-37(42)35(23-29-10-7-6-8-11-29)39(25-30-12-9-13-33(22-30)46-5)36(41)26-40(31-16-14-28(3)15-17-31)47(43,44)34-20-18-32(45-4)19-21-34/h6-22,27,35H,23-26H2,1-5H3,(H,38,42). The van der Waals surface area contributed by atoms with Crippen LogP contribution in [0.25, 0.3) is 0 Å². The quantitative estimate of drug-likeness (QED) is 0.178. The zero-order valence-electron chi connectivity index (χ0n) is 27.6. The van der Waals surface area contributed by atoms with E-state index in [4.69, 9.17) is 9.47 Å². The number of benzene rings is 4. The summed E-state index contributed by atoms with van der Waals surface area (Å²) >= 11 is 0. The fraction of sp³-hybridized carbons (Fsp3) is 0.297. The highest BCUT2D eigenvalue weighted by Crippen LogP contribution is 2.27. The number of nitrogens with zero attached hydrogens (tertiary/aromatic N) is 2. The fourth-order valence-electron chi connectivity index (χ4n) is 5.06. The van der Waals surface area contributed by atoms with Crippen LogP contribution >= 0.6 is 0 Å². The van der Waals surface area contributed by atoms with E-state index in [9.17, 15) is 18.0 Å². The Balaban J connectivity index is 1.80. The third kappa shape index (κ3) is 9.36. The van der Waals surface area contributed by atoms with E-state index >= 15 is 0 Å². The van der Waals surface area contributed by atoms with Crippen LogP contribution in [0.4, 0.5) is 5.69 Å². The van der Waals surface area contributed by atoms with Crippen LogP contribution in [0.5, 0.6) is 11.5 Å². The molecule has 0 saturated carbocycles. The average Bonchev–Trinajstić information content (AvgIpc) is 3.08. The smallest absolute Gasteiger partial charge is 0.264 e. The molecule has 47 heavy (non-hydrogen) atoms. The van der Waals surface area contributed by atoms with Gasteiger partial charge in [-0.15, -0.1) is 0 Å². The first-order valence-electron chi connectivity index (χ1n) is 15.5. The third-order valence-electron chi connectivity index (χ3n) is 7.69. The molecule has 0 fully saturated rings. The van der Waals surface area contributed by atoms with Crippen LogP contribution in [0.1, 0.15) is 30.5 Å². The van der Waals surface area contributed by atoms with Gasteiger partial charge in [-0.2, -0.15) is 0 Å². The van der Waals surface area contributed by atoms with Gasteiger partial charge >= 0.3 is 0 Å². The second-order valence-corrected chi connectivity index (χ2v) is 13.6. The predicted molar refractivity (Wildman–Crippen MR) is 184 cm³/mol. The number of amides is 2. The number of ether oxygens (including phenoxy) is 2. The number of methoxy groups -OCH3 is 2. The lowest BCUT2D eigenvalue weighted by Gasteiger charge is -2.34. The van der Waals surface area contributed by atoms with Crippen LogP contribution in [0.15, 0.2) is 108 Å². The normalized spacial score (nSPS) is 11.9. The molecule has 1 unspecified atom stereocenters. The summed E-state index contributed by atoms with van der Waals surface area (Å²) in [6, 6.07) is 28.8. The number of carbonyl (C=O) groups excluding carboxylic acids is 2. The van der Waals surface area contributed by atoms with Gasteiger partial charge in [-0.25, -0.2) is 8.42 Å². The number of hydrogen-bond acceptors (Lipinski definition) is 6. The summed E-state index contributed by atoms with van der Waals surface area (Å²) in [6.45, 7) is 5.82. The van der Waals surface area contributed by atoms with Gasteiger partial charge in [-0.3, -0.25) is 13.9 Å². The number of aryl methyl sites for hydroxylation is 1. The van der Waals surface area contributed by atoms with Crippen molar-refractivity contribution in [3.8, 4) is 11.5 Å². The minimum absolute atomic E-state index is 0.00142. The second-order valence-electron chi connectivity index (χ2n) is 11.7. The molecule has 4 rings (SSSR count). The molecule has 9 nitrogen and oxygen atoms in total. The lowest BCUT2D eigenvalue weighted by Crippen LogP contribution is -2.53. The molecule has 248 valence electrons. The van der Waals surface area contributed by atoms with Crippen LogP contribution in [0.2, 0.25) is 0 Å². The minimum atomic E-state index is -4.22. The molecule has 10 heteroatoms. The average molecular weight is 658 g/mol. The maximum absolute atomic E-state index is 14.6. The van der Waals surface area contributed by atoms with Gasteiger partial charge in [0.15, 0.2) is 0 Å². The van der Waals surface area contributed by atoms with Gasteiger partial charge in [0.25, 0.3) is 10.0 Å². The zero-order valence-corrected chi connectivity index (χ0v) is 28.4. The van der Waals surface area contributed by atoms with Gasteiger partial charge in [0.1, 0.15) is 24.1 Å². The summed E-state index contributed by atoms with van der Waals surface area (Å²) in [5, 5.41) is 3.00. The number of nitrogens with one attached hydrogen (secondary N) is 1. The van der Waals surface area contributed by atoms with Crippen LogP contribution in [0.3, 0.4) is 0 Å². The van der Waals surface area contributed by atoms with E-state index in [-0.39, 0.29) is 29.7 Å². The Morgan fingerprint density at radius 3 is 2.04 bits per heavy atom. The molecule has 0 bridgehead atoms. The SMILES string of the molecule is COc1ccc(S(=O)(=O)N(CC(=O)N(Cc2cccc(OC)c2)C(Cc2ccccc2)C(=O)NCC(C)C)c2ccc(C)cc2)cc1. The van der Waals surface area contributed by atoms with Crippen molar-refractivity contribution >= 4 is 27.5 Å². The monoisotopic (exact) mass is 657 g/mol. The van der Waals surface area contributed by atoms with E-state index in [1.807, 2.05) is 63.2 Å². The molecule has 0 radical (unpaired) electrons. The Morgan fingerprint density at radius 1 is 0.787 bits per heavy atom. The van der Waals surface area contributed by atoms with Gasteiger partial charge in [0, 0.05) is 19.5 Å². The molecule has 0 aliphatic carbocycles. The number of hydrogen-bond donors (Lipinski definition) is 1. The molecule has 1 N–H and O–H groups in total. The van der Waals surface area contributed by atoms with Crippen LogP contribution in [0, 0.1) is 12.8 Å². The molecule has 1 atom stereocenters. The maximum atomic E-state index is 14.6. The second kappa shape index (κ2) is 16.1. The Morgan fingerprint density at radius 2 is 1.43 bits per heavy atom. The van der Waals surface area contributed by atoms with Crippen LogP contribution in [-0.2, 0) is 32.6 Å². The van der Waals surface area contributed by atoms with Crippen molar-refractivity contribution in [2.24, 2.45) is 5.92 Å². The van der Waals surface area contributed by atoms with Crippen molar-refractivity contribution in [3.05, 3.63) is 120 Å². The fourth-order valence-corrected chi connectivity index (χ4v) is 6.47. The summed E-state index contributed by atoms with van der Waals surface area (Å²) in [5.41, 5.74) is 2.85. The summed E-state index contributed by atoms with van der Waals surface area (Å²) in [6.07, 6.45) is 0.232. The van der Waals surface area contributed by atoms with E-state index in [1.165, 1.54) is 24.1 Å². The van der Waals surface area contributed by atoms with E-state index < -0.39 is 28.5 Å². The lowest BCUT2D eigenvalue weighted by molar-refractivity contribution is -0.140. The van der Waals surface area contributed by atoms with Crippen molar-refractivity contribution < 1.29 is 27.5 Å². The molecule has 0 spiro atoms. The first kappa shape index (κ1) is 35.0. The van der Waals surface area contributed by atoms with Crippen LogP contribution < -0.4 is 19.1 Å². The molecular formula is C37H43N3O6S. The molecule has 0 saturated heterocycles. The number of anilines is 1. The molecule has 0 aromatic heterocycles. The van der Waals surface area contributed by atoms with Gasteiger partial charge in [0.2, 0.25) is 11.8 Å². The molecule has 4 aromatic rings. The Kier molecular flexibility index (Phi) is 12.0. The Hall–Kier alpha value is -4.83. The zero-order chi connectivity index (χ0) is 34.0. The Labute approximate surface area is 278 Å². The largest absolute Gasteiger partial charge is 0.497 e. The van der Waals surface area contributed by atoms with Crippen molar-refractivity contribution in [2.75, 3.05) is 31.6 Å². The molecule has 0 aliphatic rings. The summed E-state index contributed by atoms with van der Waals surface area (Å²) in [4.78, 5) is 30.0. The topological polar surface area (TPSA) is 105 Å². The number of carbonyl (C=O) groups is 2. The highest BCUT2D eigenvalue weighted by atomic mass is 32.2. The highest BCUT2D eigenvalue weighted by molar-refractivity contribution is 7.92. The van der Waals surface area contributed by atoms with Gasteiger partial charge < -0.3 is 19.7 Å². The maximum Gasteiger partial charge on any atom is 0.264 e. The third-order valence-corrected chi connectivity index (χ3v) is 9.48. The predicted octanol–water partition coefficient (Wildman–Crippen LogP) is 5.62. The lowest BCUT2D eigenvalue weighted by atomic mass is 10.0. The molecule has 2 amide bonds. The van der Waals surface area contributed by atoms with Crippen LogP contribution in [-0.4, -0.2) is 58.5 Å². The van der Waals surface area contributed by atoms with Gasteiger partial charge in [0.05, 0.1) is 24.8 Å². The molecule has 0 aliphatic heterocycles. The summed E-state index contributed by atoms with van der Waals surface area (Å²) in [7, 11) is -1.16. The number of sulfonamides is 1. The van der Waals surface area contributed by atoms with E-state index in [2.05, 4.69) is 5.32 Å². The molecule has 0 heterocycles. The van der Waals surface area contributed by atoms with Gasteiger partial charge in [-0.1, -0.05) is 74.0 Å². The van der Waals surface area contributed by atoms with Crippen molar-refractivity contribution in [1.29, 1.82) is 0 Å². The van der Waals surface area contributed by atoms with Crippen molar-refractivity contribution in [3.63, 3.8) is 0 Å². The first-order valence-corrected chi connectivity index (χ1v) is 16.9. The number of rotatable bonds is 15. The van der Waals surface area contributed by atoms with E-state index in [1.54, 1.807) is 55.6 Å². The summed E-state index contributed by atoms with van der Waals surface area (Å²) < 4.78 is 40.2. The van der Waals surface area contributed by atoms with Crippen molar-refractivity contribution in [2.45, 2.75) is 44.7 Å². The minimum Gasteiger partial charge on any atom is -0.497 e. The Bertz CT molecular complexity index is 1730. The first-order chi connectivity index (χ1) is 22.5. The molecule has 4 aromatic carbocycles. The van der Waals surface area contributed by atoms with Gasteiger partial charge in [-0.05, 0) is 72.5 Å². The highest BCUT2D eigenvalue weighted by Gasteiger charge is 2.34. The van der Waals surface area contributed by atoms with Crippen molar-refractivity contribution in [1.82, 2.24) is 10.2 Å². The molecular weight excluding hydrogens is 614 g/mol. The van der Waals surface area contributed by atoms with E-state index in [0.717, 1.165) is 21.0 Å². The summed E-state index contributed by atoms with van der Waals surface area (Å²) in [5.74, 6) is 0.431.